The highest BCUT2D eigenvalue weighted by molar-refractivity contribution is 7.89. The van der Waals surface area contributed by atoms with Gasteiger partial charge in [-0.3, -0.25) is 4.79 Å². The van der Waals surface area contributed by atoms with Crippen molar-refractivity contribution in [1.29, 1.82) is 0 Å². The number of carbonyl (C=O) groups excluding carboxylic acids is 1. The second-order valence-corrected chi connectivity index (χ2v) is 9.92. The molecule has 0 unspecified atom stereocenters. The Morgan fingerprint density at radius 2 is 1.82 bits per heavy atom. The van der Waals surface area contributed by atoms with Crippen molar-refractivity contribution in [2.24, 2.45) is 5.92 Å². The van der Waals surface area contributed by atoms with Gasteiger partial charge in [0.15, 0.2) is 0 Å². The molecule has 1 saturated heterocycles. The van der Waals surface area contributed by atoms with Gasteiger partial charge in [0.2, 0.25) is 21.1 Å². The van der Waals surface area contributed by atoms with Crippen molar-refractivity contribution < 1.29 is 13.2 Å². The van der Waals surface area contributed by atoms with Gasteiger partial charge in [0, 0.05) is 19.0 Å². The first-order valence-corrected chi connectivity index (χ1v) is 11.3. The van der Waals surface area contributed by atoms with Gasteiger partial charge in [0.05, 0.1) is 4.90 Å². The molecule has 0 saturated carbocycles. The quantitative estimate of drug-likeness (QED) is 0.706. The van der Waals surface area contributed by atoms with Gasteiger partial charge in [0.1, 0.15) is 5.01 Å². The van der Waals surface area contributed by atoms with Gasteiger partial charge in [-0.25, -0.2) is 8.42 Å². The van der Waals surface area contributed by atoms with Crippen molar-refractivity contribution in [2.45, 2.75) is 24.7 Å². The lowest BCUT2D eigenvalue weighted by Gasteiger charge is -2.30. The SMILES string of the molecule is Cc1nnc(NC(=O)C2CCN(S(=O)(=O)c3ccc4ccccc4c3)CC2)s1. The fourth-order valence-electron chi connectivity index (χ4n) is 3.39. The Hall–Kier alpha value is -2.36. The third-order valence-corrected chi connectivity index (χ3v) is 7.59. The average Bonchev–Trinajstić information content (AvgIpc) is 3.12. The number of hydrogen-bond donors (Lipinski definition) is 1. The second-order valence-electron chi connectivity index (χ2n) is 6.80. The topological polar surface area (TPSA) is 92.3 Å². The van der Waals surface area contributed by atoms with E-state index in [0.29, 0.717) is 36.0 Å². The molecule has 1 N–H and O–H groups in total. The number of nitrogens with zero attached hydrogens (tertiary/aromatic N) is 3. The molecular formula is C19H20N4O3S2. The summed E-state index contributed by atoms with van der Waals surface area (Å²) in [4.78, 5) is 12.7. The molecule has 28 heavy (non-hydrogen) atoms. The van der Waals surface area contributed by atoms with E-state index in [1.165, 1.54) is 15.6 Å². The second kappa shape index (κ2) is 7.57. The molecule has 0 bridgehead atoms. The summed E-state index contributed by atoms with van der Waals surface area (Å²) in [5.74, 6) is -0.355. The Balaban J connectivity index is 1.43. The number of carbonyl (C=O) groups is 1. The van der Waals surface area contributed by atoms with Crippen LogP contribution >= 0.6 is 11.3 Å². The summed E-state index contributed by atoms with van der Waals surface area (Å²) >= 11 is 1.32. The summed E-state index contributed by atoms with van der Waals surface area (Å²) in [5, 5.41) is 13.7. The van der Waals surface area contributed by atoms with Gasteiger partial charge in [-0.2, -0.15) is 4.31 Å². The molecule has 1 fully saturated rings. The average molecular weight is 417 g/mol. The summed E-state index contributed by atoms with van der Waals surface area (Å²) < 4.78 is 27.5. The predicted molar refractivity (Wildman–Crippen MR) is 109 cm³/mol. The molecule has 0 aliphatic carbocycles. The summed E-state index contributed by atoms with van der Waals surface area (Å²) in [7, 11) is -3.58. The third-order valence-electron chi connectivity index (χ3n) is 4.94. The van der Waals surface area contributed by atoms with E-state index < -0.39 is 10.0 Å². The standard InChI is InChI=1S/C19H20N4O3S2/c1-13-21-22-19(27-13)20-18(24)15-8-10-23(11-9-15)28(25,26)17-7-6-14-4-2-3-5-16(14)12-17/h2-7,12,15H,8-11H2,1H3,(H,20,22,24). The van der Waals surface area contributed by atoms with E-state index in [-0.39, 0.29) is 11.8 Å². The van der Waals surface area contributed by atoms with Crippen molar-refractivity contribution in [3.8, 4) is 0 Å². The van der Waals surface area contributed by atoms with Crippen LogP contribution in [0.5, 0.6) is 0 Å². The van der Waals surface area contributed by atoms with Crippen LogP contribution in [0.4, 0.5) is 5.13 Å². The number of aryl methyl sites for hydroxylation is 1. The van der Waals surface area contributed by atoms with Crippen molar-refractivity contribution in [3.05, 3.63) is 47.5 Å². The highest BCUT2D eigenvalue weighted by Crippen LogP contribution is 2.27. The molecule has 0 atom stereocenters. The molecule has 146 valence electrons. The van der Waals surface area contributed by atoms with Crippen LogP contribution < -0.4 is 5.32 Å². The van der Waals surface area contributed by atoms with E-state index in [4.69, 9.17) is 0 Å². The molecule has 7 nitrogen and oxygen atoms in total. The number of aromatic nitrogens is 2. The molecule has 1 aliphatic heterocycles. The number of amides is 1. The zero-order valence-corrected chi connectivity index (χ0v) is 17.0. The maximum Gasteiger partial charge on any atom is 0.243 e. The number of fused-ring (bicyclic) bond motifs is 1. The maximum atomic E-state index is 13.0. The zero-order chi connectivity index (χ0) is 19.7. The van der Waals surface area contributed by atoms with Crippen LogP contribution in [-0.2, 0) is 14.8 Å². The van der Waals surface area contributed by atoms with E-state index in [1.54, 1.807) is 12.1 Å². The minimum atomic E-state index is -3.58. The summed E-state index contributed by atoms with van der Waals surface area (Å²) in [6, 6.07) is 12.9. The van der Waals surface area contributed by atoms with Gasteiger partial charge >= 0.3 is 0 Å². The number of hydrogen-bond acceptors (Lipinski definition) is 6. The fourth-order valence-corrected chi connectivity index (χ4v) is 5.49. The van der Waals surface area contributed by atoms with Crippen LogP contribution in [0, 0.1) is 12.8 Å². The smallest absolute Gasteiger partial charge is 0.243 e. The molecule has 4 rings (SSSR count). The summed E-state index contributed by atoms with van der Waals surface area (Å²) in [6.07, 6.45) is 0.965. The molecular weight excluding hydrogens is 396 g/mol. The first-order valence-electron chi connectivity index (χ1n) is 9.03. The fraction of sp³-hybridized carbons (Fsp3) is 0.316. The minimum absolute atomic E-state index is 0.126. The van der Waals surface area contributed by atoms with Gasteiger partial charge in [-0.15, -0.1) is 10.2 Å². The van der Waals surface area contributed by atoms with Crippen molar-refractivity contribution in [2.75, 3.05) is 18.4 Å². The first-order chi connectivity index (χ1) is 13.4. The Morgan fingerprint density at radius 3 is 2.50 bits per heavy atom. The highest BCUT2D eigenvalue weighted by Gasteiger charge is 2.32. The van der Waals surface area contributed by atoms with E-state index in [9.17, 15) is 13.2 Å². The predicted octanol–water partition coefficient (Wildman–Crippen LogP) is 3.04. The zero-order valence-electron chi connectivity index (χ0n) is 15.3. The number of sulfonamides is 1. The first kappa shape index (κ1) is 19.0. The summed E-state index contributed by atoms with van der Waals surface area (Å²) in [5.41, 5.74) is 0. The van der Waals surface area contributed by atoms with Crippen LogP contribution in [-0.4, -0.2) is 41.9 Å². The number of benzene rings is 2. The number of nitrogens with one attached hydrogen (secondary N) is 1. The van der Waals surface area contributed by atoms with E-state index >= 15 is 0 Å². The van der Waals surface area contributed by atoms with Crippen molar-refractivity contribution in [1.82, 2.24) is 14.5 Å². The normalized spacial score (nSPS) is 16.3. The molecule has 2 aromatic carbocycles. The van der Waals surface area contributed by atoms with Gasteiger partial charge < -0.3 is 5.32 Å². The molecule has 9 heteroatoms. The minimum Gasteiger partial charge on any atom is -0.300 e. The molecule has 2 heterocycles. The van der Waals surface area contributed by atoms with Crippen molar-refractivity contribution in [3.63, 3.8) is 0 Å². The van der Waals surface area contributed by atoms with Gasteiger partial charge in [-0.1, -0.05) is 41.7 Å². The van der Waals surface area contributed by atoms with Gasteiger partial charge in [0.25, 0.3) is 0 Å². The lowest BCUT2D eigenvalue weighted by atomic mass is 9.97. The lowest BCUT2D eigenvalue weighted by Crippen LogP contribution is -2.41. The van der Waals surface area contributed by atoms with Crippen LogP contribution in [0.1, 0.15) is 17.8 Å². The van der Waals surface area contributed by atoms with E-state index in [2.05, 4.69) is 15.5 Å². The third kappa shape index (κ3) is 3.78. The number of anilines is 1. The van der Waals surface area contributed by atoms with E-state index in [1.807, 2.05) is 37.3 Å². The Morgan fingerprint density at radius 1 is 1.11 bits per heavy atom. The van der Waals surface area contributed by atoms with Crippen LogP contribution in [0.15, 0.2) is 47.4 Å². The Labute approximate surface area is 167 Å². The highest BCUT2D eigenvalue weighted by atomic mass is 32.2. The molecule has 1 aliphatic rings. The molecule has 1 amide bonds. The van der Waals surface area contributed by atoms with Crippen LogP contribution in [0.25, 0.3) is 10.8 Å². The van der Waals surface area contributed by atoms with Crippen LogP contribution in [0.2, 0.25) is 0 Å². The van der Waals surface area contributed by atoms with Gasteiger partial charge in [-0.05, 0) is 42.7 Å². The van der Waals surface area contributed by atoms with Crippen LogP contribution in [0.3, 0.4) is 0 Å². The van der Waals surface area contributed by atoms with Crippen molar-refractivity contribution >= 4 is 43.2 Å². The molecule has 1 aromatic heterocycles. The number of rotatable bonds is 4. The molecule has 0 spiro atoms. The monoisotopic (exact) mass is 416 g/mol. The Bertz CT molecular complexity index is 1120. The molecule has 3 aromatic rings. The maximum absolute atomic E-state index is 13.0. The Kier molecular flexibility index (Phi) is 5.13. The number of piperidine rings is 1. The largest absolute Gasteiger partial charge is 0.300 e. The van der Waals surface area contributed by atoms with E-state index in [0.717, 1.165) is 15.8 Å². The molecule has 0 radical (unpaired) electrons. The lowest BCUT2D eigenvalue weighted by molar-refractivity contribution is -0.120. The summed E-state index contributed by atoms with van der Waals surface area (Å²) in [6.45, 7) is 2.47.